The van der Waals surface area contributed by atoms with Crippen molar-refractivity contribution in [2.24, 2.45) is 35.0 Å². The first-order valence-corrected chi connectivity index (χ1v) is 8.82. The quantitative estimate of drug-likeness (QED) is 0.562. The molecule has 3 fully saturated rings. The second-order valence-electron chi connectivity index (χ2n) is 8.09. The normalized spacial score (nSPS) is 50.4. The Balaban J connectivity index is 1.63. The van der Waals surface area contributed by atoms with Gasteiger partial charge in [0.1, 0.15) is 0 Å². The smallest absolute Gasteiger partial charge is 0.0661 e. The van der Waals surface area contributed by atoms with Crippen LogP contribution in [0.4, 0.5) is 0 Å². The summed E-state index contributed by atoms with van der Waals surface area (Å²) >= 11 is 0. The second kappa shape index (κ2) is 4.62. The molecule has 0 heterocycles. The van der Waals surface area contributed by atoms with Gasteiger partial charge in [-0.2, -0.15) is 5.26 Å². The van der Waals surface area contributed by atoms with Crippen LogP contribution in [0.15, 0.2) is 11.6 Å². The summed E-state index contributed by atoms with van der Waals surface area (Å²) in [6.07, 6.45) is 14.8. The zero-order chi connectivity index (χ0) is 13.7. The molecular formula is C19H27N. The summed E-state index contributed by atoms with van der Waals surface area (Å²) in [5.74, 6) is 4.03. The third kappa shape index (κ3) is 1.66. The molecule has 3 saturated carbocycles. The Labute approximate surface area is 123 Å². The highest BCUT2D eigenvalue weighted by molar-refractivity contribution is 5.19. The fourth-order valence-electron chi connectivity index (χ4n) is 6.52. The first-order valence-electron chi connectivity index (χ1n) is 8.82. The molecule has 1 unspecified atom stereocenters. The third-order valence-electron chi connectivity index (χ3n) is 7.53. The van der Waals surface area contributed by atoms with Crippen LogP contribution in [0.3, 0.4) is 0 Å². The van der Waals surface area contributed by atoms with Gasteiger partial charge in [-0.15, -0.1) is 0 Å². The van der Waals surface area contributed by atoms with Crippen molar-refractivity contribution in [2.75, 3.05) is 0 Å². The Morgan fingerprint density at radius 1 is 1.15 bits per heavy atom. The lowest BCUT2D eigenvalue weighted by Crippen LogP contribution is -2.45. The maximum atomic E-state index is 9.49. The van der Waals surface area contributed by atoms with Crippen LogP contribution < -0.4 is 0 Å². The minimum Gasteiger partial charge on any atom is -0.198 e. The Morgan fingerprint density at radius 2 is 2.05 bits per heavy atom. The van der Waals surface area contributed by atoms with Crippen molar-refractivity contribution in [3.8, 4) is 6.07 Å². The molecule has 0 radical (unpaired) electrons. The van der Waals surface area contributed by atoms with Crippen LogP contribution in [0, 0.1) is 46.3 Å². The van der Waals surface area contributed by atoms with Gasteiger partial charge >= 0.3 is 0 Å². The molecule has 6 atom stereocenters. The molecule has 0 spiro atoms. The molecule has 0 aromatic rings. The lowest BCUT2D eigenvalue weighted by atomic mass is 9.51. The molecule has 0 aliphatic heterocycles. The number of allylic oxidation sites excluding steroid dienone is 2. The average Bonchev–Trinajstić information content (AvgIpc) is 2.83. The number of hydrogen-bond donors (Lipinski definition) is 0. The predicted octanol–water partition coefficient (Wildman–Crippen LogP) is 5.09. The van der Waals surface area contributed by atoms with Gasteiger partial charge in [-0.3, -0.25) is 0 Å². The van der Waals surface area contributed by atoms with Crippen LogP contribution in [0.5, 0.6) is 0 Å². The highest BCUT2D eigenvalue weighted by Crippen LogP contribution is 2.63. The SMILES string of the molecule is C[C@]12CC[C@H]3[C@@H](CCC4=CCCC[C@@H]43)[C@@H]1CCC2C#N. The lowest BCUT2D eigenvalue weighted by molar-refractivity contribution is -0.0123. The van der Waals surface area contributed by atoms with Crippen LogP contribution in [-0.2, 0) is 0 Å². The molecule has 1 nitrogen and oxygen atoms in total. The number of nitriles is 1. The molecule has 0 aromatic carbocycles. The third-order valence-corrected chi connectivity index (χ3v) is 7.53. The molecule has 1 heteroatoms. The van der Waals surface area contributed by atoms with E-state index in [0.717, 1.165) is 23.7 Å². The monoisotopic (exact) mass is 269 g/mol. The van der Waals surface area contributed by atoms with E-state index in [-0.39, 0.29) is 0 Å². The van der Waals surface area contributed by atoms with E-state index in [0.29, 0.717) is 11.3 Å². The van der Waals surface area contributed by atoms with Gasteiger partial charge in [0, 0.05) is 0 Å². The molecule has 0 saturated heterocycles. The highest BCUT2D eigenvalue weighted by Gasteiger charge is 2.56. The fraction of sp³-hybridized carbons (Fsp3) is 0.842. The van der Waals surface area contributed by atoms with Crippen LogP contribution in [0.2, 0.25) is 0 Å². The molecule has 4 rings (SSSR count). The van der Waals surface area contributed by atoms with Crippen molar-refractivity contribution in [1.29, 1.82) is 5.26 Å². The molecule has 4 aliphatic carbocycles. The second-order valence-corrected chi connectivity index (χ2v) is 8.09. The van der Waals surface area contributed by atoms with E-state index in [1.165, 1.54) is 57.8 Å². The van der Waals surface area contributed by atoms with Crippen molar-refractivity contribution in [1.82, 2.24) is 0 Å². The molecule has 4 aliphatic rings. The van der Waals surface area contributed by atoms with Crippen molar-refractivity contribution in [3.05, 3.63) is 11.6 Å². The molecule has 0 aromatic heterocycles. The Morgan fingerprint density at radius 3 is 2.90 bits per heavy atom. The Kier molecular flexibility index (Phi) is 2.99. The summed E-state index contributed by atoms with van der Waals surface area (Å²) in [6.45, 7) is 2.45. The van der Waals surface area contributed by atoms with Crippen LogP contribution in [-0.4, -0.2) is 0 Å². The van der Waals surface area contributed by atoms with E-state index in [9.17, 15) is 5.26 Å². The molecule has 0 N–H and O–H groups in total. The maximum absolute atomic E-state index is 9.49. The number of nitrogens with zero attached hydrogens (tertiary/aromatic N) is 1. The summed E-state index contributed by atoms with van der Waals surface area (Å²) in [5, 5.41) is 9.49. The van der Waals surface area contributed by atoms with Crippen molar-refractivity contribution >= 4 is 0 Å². The van der Waals surface area contributed by atoms with Gasteiger partial charge in [0.25, 0.3) is 0 Å². The van der Waals surface area contributed by atoms with Crippen LogP contribution in [0.25, 0.3) is 0 Å². The summed E-state index contributed by atoms with van der Waals surface area (Å²) in [7, 11) is 0. The lowest BCUT2D eigenvalue weighted by Gasteiger charge is -2.53. The van der Waals surface area contributed by atoms with Crippen molar-refractivity contribution in [3.63, 3.8) is 0 Å². The molecule has 20 heavy (non-hydrogen) atoms. The van der Waals surface area contributed by atoms with Gasteiger partial charge < -0.3 is 0 Å². The first-order chi connectivity index (χ1) is 9.74. The summed E-state index contributed by atoms with van der Waals surface area (Å²) < 4.78 is 0. The van der Waals surface area contributed by atoms with E-state index in [2.05, 4.69) is 19.1 Å². The van der Waals surface area contributed by atoms with E-state index < -0.39 is 0 Å². The number of rotatable bonds is 0. The number of hydrogen-bond acceptors (Lipinski definition) is 1. The van der Waals surface area contributed by atoms with E-state index in [1.807, 2.05) is 5.57 Å². The zero-order valence-electron chi connectivity index (χ0n) is 12.8. The first kappa shape index (κ1) is 12.9. The van der Waals surface area contributed by atoms with Crippen molar-refractivity contribution < 1.29 is 0 Å². The van der Waals surface area contributed by atoms with Crippen LogP contribution >= 0.6 is 0 Å². The zero-order valence-corrected chi connectivity index (χ0v) is 12.8. The van der Waals surface area contributed by atoms with Crippen molar-refractivity contribution in [2.45, 2.75) is 64.7 Å². The average molecular weight is 269 g/mol. The number of fused-ring (bicyclic) bond motifs is 5. The highest BCUT2D eigenvalue weighted by atomic mass is 14.6. The van der Waals surface area contributed by atoms with Gasteiger partial charge in [0.05, 0.1) is 12.0 Å². The van der Waals surface area contributed by atoms with Gasteiger partial charge in [-0.25, -0.2) is 0 Å². The van der Waals surface area contributed by atoms with Gasteiger partial charge in [-0.05, 0) is 86.9 Å². The topological polar surface area (TPSA) is 23.8 Å². The van der Waals surface area contributed by atoms with Gasteiger partial charge in [0.2, 0.25) is 0 Å². The molecular weight excluding hydrogens is 242 g/mol. The molecule has 0 amide bonds. The summed E-state index contributed by atoms with van der Waals surface area (Å²) in [5.41, 5.74) is 2.17. The van der Waals surface area contributed by atoms with Gasteiger partial charge in [0.15, 0.2) is 0 Å². The molecule has 0 bridgehead atoms. The Hall–Kier alpha value is -0.770. The Bertz CT molecular complexity index is 471. The van der Waals surface area contributed by atoms with Gasteiger partial charge in [-0.1, -0.05) is 18.6 Å². The minimum atomic E-state index is 0.344. The minimum absolute atomic E-state index is 0.344. The van der Waals surface area contributed by atoms with E-state index in [1.54, 1.807) is 0 Å². The predicted molar refractivity (Wildman–Crippen MR) is 80.8 cm³/mol. The molecule has 108 valence electrons. The van der Waals surface area contributed by atoms with E-state index >= 15 is 0 Å². The fourth-order valence-corrected chi connectivity index (χ4v) is 6.52. The maximum Gasteiger partial charge on any atom is 0.0661 e. The van der Waals surface area contributed by atoms with E-state index in [4.69, 9.17) is 0 Å². The summed E-state index contributed by atoms with van der Waals surface area (Å²) in [4.78, 5) is 0. The van der Waals surface area contributed by atoms with Crippen LogP contribution in [0.1, 0.15) is 64.7 Å². The largest absolute Gasteiger partial charge is 0.198 e. The standard InChI is InChI=1S/C19H27N/c1-19-11-10-16-15-5-3-2-4-13(15)6-8-17(16)18(19)9-7-14(19)12-20/h4,14-18H,2-3,5-11H2,1H3/t14?,15-,16+,17+,18-,19+/m0/s1. The summed E-state index contributed by atoms with van der Waals surface area (Å²) in [6, 6.07) is 2.64.